The number of rotatable bonds is 5. The minimum absolute atomic E-state index is 0.0147. The molecule has 1 aromatic carbocycles. The molecular formula is C14H17NO2. The number of nitrogens with one attached hydrogen (secondary N) is 1. The number of ether oxygens (including phenoxy) is 1. The van der Waals surface area contributed by atoms with Crippen LogP contribution in [-0.4, -0.2) is 19.2 Å². The van der Waals surface area contributed by atoms with Crippen LogP contribution in [0.4, 0.5) is 4.79 Å². The molecule has 1 rings (SSSR count). The average molecular weight is 231 g/mol. The number of carbonyl (C=O) groups is 1. The van der Waals surface area contributed by atoms with E-state index in [1.807, 2.05) is 30.3 Å². The van der Waals surface area contributed by atoms with Gasteiger partial charge in [-0.25, -0.2) is 4.79 Å². The maximum absolute atomic E-state index is 11.2. The number of hydrogen-bond acceptors (Lipinski definition) is 2. The fourth-order valence-electron chi connectivity index (χ4n) is 1.61. The SMILES string of the molecule is C#CCC[C@@H](Cc1ccccc1)NC(=O)OC. The molecule has 0 unspecified atom stereocenters. The van der Waals surface area contributed by atoms with Crippen LogP contribution in [0.3, 0.4) is 0 Å². The minimum Gasteiger partial charge on any atom is -0.453 e. The Balaban J connectivity index is 2.57. The standard InChI is InChI=1S/C14H17NO2/c1-3-4-10-13(15-14(16)17-2)11-12-8-6-5-7-9-12/h1,5-9,13H,4,10-11H2,2H3,(H,15,16)/t13-/m0/s1. The van der Waals surface area contributed by atoms with Crippen LogP contribution in [0.5, 0.6) is 0 Å². The fraction of sp³-hybridized carbons (Fsp3) is 0.357. The first-order valence-electron chi connectivity index (χ1n) is 5.58. The maximum atomic E-state index is 11.2. The Morgan fingerprint density at radius 2 is 2.18 bits per heavy atom. The van der Waals surface area contributed by atoms with Crippen molar-refractivity contribution in [3.8, 4) is 12.3 Å². The Morgan fingerprint density at radius 3 is 2.76 bits per heavy atom. The van der Waals surface area contributed by atoms with Gasteiger partial charge in [-0.1, -0.05) is 30.3 Å². The highest BCUT2D eigenvalue weighted by Crippen LogP contribution is 2.07. The molecule has 0 fully saturated rings. The van der Waals surface area contributed by atoms with Crippen molar-refractivity contribution in [1.29, 1.82) is 0 Å². The molecule has 0 saturated carbocycles. The van der Waals surface area contributed by atoms with Crippen LogP contribution >= 0.6 is 0 Å². The average Bonchev–Trinajstić information content (AvgIpc) is 2.37. The lowest BCUT2D eigenvalue weighted by Gasteiger charge is -2.16. The van der Waals surface area contributed by atoms with Crippen molar-refractivity contribution in [3.05, 3.63) is 35.9 Å². The summed E-state index contributed by atoms with van der Waals surface area (Å²) in [5.74, 6) is 2.58. The summed E-state index contributed by atoms with van der Waals surface area (Å²) >= 11 is 0. The molecule has 0 aliphatic heterocycles. The molecule has 1 amide bonds. The van der Waals surface area contributed by atoms with E-state index in [-0.39, 0.29) is 6.04 Å². The minimum atomic E-state index is -0.414. The summed E-state index contributed by atoms with van der Waals surface area (Å²) in [7, 11) is 1.36. The molecule has 17 heavy (non-hydrogen) atoms. The van der Waals surface area contributed by atoms with E-state index >= 15 is 0 Å². The van der Waals surface area contributed by atoms with Gasteiger partial charge in [0, 0.05) is 12.5 Å². The number of alkyl carbamates (subject to hydrolysis) is 1. The van der Waals surface area contributed by atoms with Gasteiger partial charge in [0.2, 0.25) is 0 Å². The lowest BCUT2D eigenvalue weighted by molar-refractivity contribution is 0.166. The van der Waals surface area contributed by atoms with Gasteiger partial charge < -0.3 is 10.1 Å². The second-order valence-electron chi connectivity index (χ2n) is 3.77. The van der Waals surface area contributed by atoms with Crippen molar-refractivity contribution < 1.29 is 9.53 Å². The lowest BCUT2D eigenvalue weighted by atomic mass is 10.0. The number of hydrogen-bond donors (Lipinski definition) is 1. The third-order valence-corrected chi connectivity index (χ3v) is 2.47. The summed E-state index contributed by atoms with van der Waals surface area (Å²) in [6.45, 7) is 0. The molecule has 0 radical (unpaired) electrons. The highest BCUT2D eigenvalue weighted by molar-refractivity contribution is 5.67. The summed E-state index contributed by atoms with van der Waals surface area (Å²) in [5, 5.41) is 2.79. The summed E-state index contributed by atoms with van der Waals surface area (Å²) in [6.07, 6.45) is 6.98. The van der Waals surface area contributed by atoms with E-state index in [2.05, 4.69) is 16.0 Å². The molecule has 3 heteroatoms. The van der Waals surface area contributed by atoms with Crippen LogP contribution in [0.1, 0.15) is 18.4 Å². The molecule has 1 N–H and O–H groups in total. The zero-order chi connectivity index (χ0) is 12.5. The smallest absolute Gasteiger partial charge is 0.407 e. The molecule has 0 aliphatic carbocycles. The topological polar surface area (TPSA) is 38.3 Å². The molecule has 0 bridgehead atoms. The molecule has 1 atom stereocenters. The Morgan fingerprint density at radius 1 is 1.47 bits per heavy atom. The zero-order valence-electron chi connectivity index (χ0n) is 9.98. The highest BCUT2D eigenvalue weighted by atomic mass is 16.5. The van der Waals surface area contributed by atoms with E-state index in [9.17, 15) is 4.79 Å². The van der Waals surface area contributed by atoms with Crippen molar-refractivity contribution in [2.24, 2.45) is 0 Å². The van der Waals surface area contributed by atoms with Gasteiger partial charge in [-0.05, 0) is 18.4 Å². The summed E-state index contributed by atoms with van der Waals surface area (Å²) in [6, 6.07) is 10.00. The van der Waals surface area contributed by atoms with E-state index < -0.39 is 6.09 Å². The van der Waals surface area contributed by atoms with Crippen LogP contribution in [0, 0.1) is 12.3 Å². The van der Waals surface area contributed by atoms with E-state index in [1.54, 1.807) is 0 Å². The number of methoxy groups -OCH3 is 1. The second-order valence-corrected chi connectivity index (χ2v) is 3.77. The van der Waals surface area contributed by atoms with Gasteiger partial charge in [-0.15, -0.1) is 12.3 Å². The first kappa shape index (κ1) is 13.1. The molecule has 0 saturated heterocycles. The van der Waals surface area contributed by atoms with Gasteiger partial charge in [0.05, 0.1) is 7.11 Å². The number of amides is 1. The quantitative estimate of drug-likeness (QED) is 0.790. The lowest BCUT2D eigenvalue weighted by Crippen LogP contribution is -2.36. The Bertz CT molecular complexity index is 381. The van der Waals surface area contributed by atoms with E-state index in [0.717, 1.165) is 12.8 Å². The second kappa shape index (κ2) is 7.34. The highest BCUT2D eigenvalue weighted by Gasteiger charge is 2.12. The summed E-state index contributed by atoms with van der Waals surface area (Å²) in [4.78, 5) is 11.2. The number of terminal acetylenes is 1. The first-order chi connectivity index (χ1) is 8.26. The van der Waals surface area contributed by atoms with Gasteiger partial charge >= 0.3 is 6.09 Å². The molecule has 90 valence electrons. The Hall–Kier alpha value is -1.95. The molecule has 0 spiro atoms. The van der Waals surface area contributed by atoms with Gasteiger partial charge in [-0.2, -0.15) is 0 Å². The molecule has 0 heterocycles. The maximum Gasteiger partial charge on any atom is 0.407 e. The van der Waals surface area contributed by atoms with Crippen LogP contribution in [0.25, 0.3) is 0 Å². The normalized spacial score (nSPS) is 11.3. The predicted molar refractivity (Wildman–Crippen MR) is 67.5 cm³/mol. The third-order valence-electron chi connectivity index (χ3n) is 2.47. The number of benzene rings is 1. The molecule has 0 aromatic heterocycles. The van der Waals surface area contributed by atoms with Gasteiger partial charge in [0.15, 0.2) is 0 Å². The van der Waals surface area contributed by atoms with Crippen molar-refractivity contribution >= 4 is 6.09 Å². The third kappa shape index (κ3) is 5.07. The van der Waals surface area contributed by atoms with Crippen molar-refractivity contribution in [2.75, 3.05) is 7.11 Å². The molecule has 1 aromatic rings. The van der Waals surface area contributed by atoms with Crippen molar-refractivity contribution in [1.82, 2.24) is 5.32 Å². The van der Waals surface area contributed by atoms with Gasteiger partial charge in [-0.3, -0.25) is 0 Å². The van der Waals surface area contributed by atoms with Crippen molar-refractivity contribution in [3.63, 3.8) is 0 Å². The monoisotopic (exact) mass is 231 g/mol. The van der Waals surface area contributed by atoms with Crippen molar-refractivity contribution in [2.45, 2.75) is 25.3 Å². The van der Waals surface area contributed by atoms with E-state index in [1.165, 1.54) is 12.7 Å². The first-order valence-corrected chi connectivity index (χ1v) is 5.58. The van der Waals surface area contributed by atoms with Gasteiger partial charge in [0.1, 0.15) is 0 Å². The summed E-state index contributed by atoms with van der Waals surface area (Å²) < 4.78 is 4.60. The van der Waals surface area contributed by atoms with Crippen LogP contribution in [-0.2, 0) is 11.2 Å². The van der Waals surface area contributed by atoms with Crippen LogP contribution in [0.15, 0.2) is 30.3 Å². The van der Waals surface area contributed by atoms with E-state index in [4.69, 9.17) is 6.42 Å². The van der Waals surface area contributed by atoms with E-state index in [0.29, 0.717) is 6.42 Å². The largest absolute Gasteiger partial charge is 0.453 e. The Kier molecular flexibility index (Phi) is 5.67. The summed E-state index contributed by atoms with van der Waals surface area (Å²) in [5.41, 5.74) is 1.17. The molecule has 3 nitrogen and oxygen atoms in total. The Labute approximate surface area is 102 Å². The molecular weight excluding hydrogens is 214 g/mol. The fourth-order valence-corrected chi connectivity index (χ4v) is 1.61. The van der Waals surface area contributed by atoms with Crippen LogP contribution in [0.2, 0.25) is 0 Å². The number of carbonyl (C=O) groups excluding carboxylic acids is 1. The van der Waals surface area contributed by atoms with Gasteiger partial charge in [0.25, 0.3) is 0 Å². The predicted octanol–water partition coefficient (Wildman–Crippen LogP) is 2.37. The zero-order valence-corrected chi connectivity index (χ0v) is 9.98. The van der Waals surface area contributed by atoms with Crippen LogP contribution < -0.4 is 5.32 Å². The molecule has 0 aliphatic rings.